The van der Waals surface area contributed by atoms with E-state index in [-0.39, 0.29) is 17.9 Å². The quantitative estimate of drug-likeness (QED) is 0.877. The molecule has 20 heavy (non-hydrogen) atoms. The van der Waals surface area contributed by atoms with E-state index in [0.717, 1.165) is 6.42 Å². The van der Waals surface area contributed by atoms with Crippen LogP contribution in [-0.4, -0.2) is 23.0 Å². The summed E-state index contributed by atoms with van der Waals surface area (Å²) in [4.78, 5) is 24.7. The van der Waals surface area contributed by atoms with Gasteiger partial charge in [0.25, 0.3) is 0 Å². The zero-order valence-corrected chi connectivity index (χ0v) is 12.7. The number of nitrogens with one attached hydrogen (secondary N) is 1. The van der Waals surface area contributed by atoms with Crippen LogP contribution in [-0.2, 0) is 16.0 Å². The highest BCUT2D eigenvalue weighted by atomic mass is 32.1. The number of amides is 1. The van der Waals surface area contributed by atoms with Crippen LogP contribution in [0.3, 0.4) is 0 Å². The molecule has 2 rings (SSSR count). The van der Waals surface area contributed by atoms with Gasteiger partial charge in [0.1, 0.15) is 0 Å². The van der Waals surface area contributed by atoms with Crippen LogP contribution in [0.4, 0.5) is 0 Å². The summed E-state index contributed by atoms with van der Waals surface area (Å²) in [6.07, 6.45) is 2.07. The number of hydrogen-bond donors (Lipinski definition) is 2. The summed E-state index contributed by atoms with van der Waals surface area (Å²) in [7, 11) is 0. The summed E-state index contributed by atoms with van der Waals surface area (Å²) in [6, 6.07) is 4.07. The Hall–Kier alpha value is -1.36. The van der Waals surface area contributed by atoms with Gasteiger partial charge in [-0.05, 0) is 37.1 Å². The van der Waals surface area contributed by atoms with Crippen molar-refractivity contribution in [3.8, 4) is 0 Å². The van der Waals surface area contributed by atoms with Crippen LogP contribution in [0, 0.1) is 17.8 Å². The molecular weight excluding hydrogens is 274 g/mol. The first-order chi connectivity index (χ1) is 9.47. The average molecular weight is 295 g/mol. The van der Waals surface area contributed by atoms with Gasteiger partial charge in [0, 0.05) is 17.3 Å². The van der Waals surface area contributed by atoms with Gasteiger partial charge in [-0.1, -0.05) is 13.0 Å². The molecule has 2 unspecified atom stereocenters. The van der Waals surface area contributed by atoms with Crippen molar-refractivity contribution in [2.75, 3.05) is 0 Å². The SMILES string of the molecule is CC1C[C@H](C(=O)NC(C)Cc2cccs2)[C@H](C(=O)O)C1. The van der Waals surface area contributed by atoms with Crippen molar-refractivity contribution in [3.05, 3.63) is 22.4 Å². The molecule has 110 valence electrons. The second kappa shape index (κ2) is 6.39. The van der Waals surface area contributed by atoms with E-state index in [1.807, 2.05) is 31.4 Å². The lowest BCUT2D eigenvalue weighted by Crippen LogP contribution is -2.40. The second-order valence-corrected chi connectivity index (χ2v) is 6.85. The van der Waals surface area contributed by atoms with Gasteiger partial charge in [-0.25, -0.2) is 0 Å². The Morgan fingerprint density at radius 3 is 2.75 bits per heavy atom. The van der Waals surface area contributed by atoms with E-state index in [1.165, 1.54) is 4.88 Å². The fourth-order valence-electron chi connectivity index (χ4n) is 2.99. The molecule has 0 saturated heterocycles. The van der Waals surface area contributed by atoms with Gasteiger partial charge in [-0.15, -0.1) is 11.3 Å². The number of carbonyl (C=O) groups is 2. The van der Waals surface area contributed by atoms with Gasteiger partial charge in [0.2, 0.25) is 5.91 Å². The number of carbonyl (C=O) groups excluding carboxylic acids is 1. The molecule has 0 spiro atoms. The number of thiophene rings is 1. The van der Waals surface area contributed by atoms with E-state index < -0.39 is 11.9 Å². The van der Waals surface area contributed by atoms with Gasteiger partial charge in [0.05, 0.1) is 11.8 Å². The molecule has 0 aromatic carbocycles. The Morgan fingerprint density at radius 1 is 1.45 bits per heavy atom. The standard InChI is InChI=1S/C15H21NO3S/c1-9-6-12(13(7-9)15(18)19)14(17)16-10(2)8-11-4-3-5-20-11/h3-5,9-10,12-13H,6-8H2,1-2H3,(H,16,17)(H,18,19)/t9?,10?,12-,13+/m0/s1. The Labute approximate surface area is 123 Å². The molecule has 1 amide bonds. The largest absolute Gasteiger partial charge is 0.481 e. The van der Waals surface area contributed by atoms with Crippen molar-refractivity contribution in [2.45, 2.75) is 39.2 Å². The zero-order chi connectivity index (χ0) is 14.7. The van der Waals surface area contributed by atoms with Crippen molar-refractivity contribution in [2.24, 2.45) is 17.8 Å². The Balaban J connectivity index is 1.92. The van der Waals surface area contributed by atoms with E-state index in [1.54, 1.807) is 11.3 Å². The first kappa shape index (κ1) is 15.0. The summed E-state index contributed by atoms with van der Waals surface area (Å²) in [5.74, 6) is -1.56. The van der Waals surface area contributed by atoms with E-state index in [9.17, 15) is 14.7 Å². The number of rotatable bonds is 5. The normalized spacial score (nSPS) is 27.2. The van der Waals surface area contributed by atoms with Crippen molar-refractivity contribution in [1.82, 2.24) is 5.32 Å². The van der Waals surface area contributed by atoms with Crippen LogP contribution in [0.5, 0.6) is 0 Å². The average Bonchev–Trinajstić information content (AvgIpc) is 2.97. The first-order valence-corrected chi connectivity index (χ1v) is 7.91. The highest BCUT2D eigenvalue weighted by molar-refractivity contribution is 7.09. The third-order valence-corrected chi connectivity index (χ3v) is 4.83. The van der Waals surface area contributed by atoms with Gasteiger partial charge < -0.3 is 10.4 Å². The van der Waals surface area contributed by atoms with Crippen LogP contribution < -0.4 is 5.32 Å². The lowest BCUT2D eigenvalue weighted by Gasteiger charge is -2.19. The van der Waals surface area contributed by atoms with Crippen LogP contribution in [0.15, 0.2) is 17.5 Å². The fourth-order valence-corrected chi connectivity index (χ4v) is 3.82. The Kier molecular flexibility index (Phi) is 4.81. The maximum atomic E-state index is 12.3. The van der Waals surface area contributed by atoms with Gasteiger partial charge in [0.15, 0.2) is 0 Å². The van der Waals surface area contributed by atoms with Crippen LogP contribution in [0.1, 0.15) is 31.6 Å². The zero-order valence-electron chi connectivity index (χ0n) is 11.8. The second-order valence-electron chi connectivity index (χ2n) is 5.82. The maximum Gasteiger partial charge on any atom is 0.307 e. The minimum atomic E-state index is -0.847. The smallest absolute Gasteiger partial charge is 0.307 e. The van der Waals surface area contributed by atoms with E-state index >= 15 is 0 Å². The van der Waals surface area contributed by atoms with Gasteiger partial charge >= 0.3 is 5.97 Å². The molecule has 1 aromatic rings. The third kappa shape index (κ3) is 3.60. The Bertz CT molecular complexity index is 471. The molecule has 1 saturated carbocycles. The third-order valence-electron chi connectivity index (χ3n) is 3.93. The summed E-state index contributed by atoms with van der Waals surface area (Å²) in [5, 5.41) is 14.2. The molecule has 1 aromatic heterocycles. The number of carboxylic acids is 1. The molecule has 0 bridgehead atoms. The number of hydrogen-bond acceptors (Lipinski definition) is 3. The van der Waals surface area contributed by atoms with Gasteiger partial charge in [-0.2, -0.15) is 0 Å². The molecule has 1 aliphatic rings. The van der Waals surface area contributed by atoms with Crippen molar-refractivity contribution in [1.29, 1.82) is 0 Å². The fraction of sp³-hybridized carbons (Fsp3) is 0.600. The van der Waals surface area contributed by atoms with E-state index in [2.05, 4.69) is 5.32 Å². The minimum absolute atomic E-state index is 0.0338. The molecule has 0 aliphatic heterocycles. The highest BCUT2D eigenvalue weighted by Crippen LogP contribution is 2.36. The number of carboxylic acid groups (broad SMARTS) is 1. The molecule has 4 nitrogen and oxygen atoms in total. The van der Waals surface area contributed by atoms with Crippen LogP contribution >= 0.6 is 11.3 Å². The predicted octanol–water partition coefficient (Wildman–Crippen LogP) is 2.54. The molecule has 2 N–H and O–H groups in total. The highest BCUT2D eigenvalue weighted by Gasteiger charge is 2.41. The Morgan fingerprint density at radius 2 is 2.15 bits per heavy atom. The summed E-state index contributed by atoms with van der Waals surface area (Å²) >= 11 is 1.67. The van der Waals surface area contributed by atoms with Crippen LogP contribution in [0.2, 0.25) is 0 Å². The van der Waals surface area contributed by atoms with Crippen LogP contribution in [0.25, 0.3) is 0 Å². The van der Waals surface area contributed by atoms with Gasteiger partial charge in [-0.3, -0.25) is 9.59 Å². The molecule has 5 heteroatoms. The minimum Gasteiger partial charge on any atom is -0.481 e. The molecule has 0 radical (unpaired) electrons. The molecule has 1 aliphatic carbocycles. The van der Waals surface area contributed by atoms with Crippen molar-refractivity contribution >= 4 is 23.2 Å². The summed E-state index contributed by atoms with van der Waals surface area (Å²) in [5.41, 5.74) is 0. The monoisotopic (exact) mass is 295 g/mol. The predicted molar refractivity (Wildman–Crippen MR) is 78.6 cm³/mol. The topological polar surface area (TPSA) is 66.4 Å². The molecule has 4 atom stereocenters. The van der Waals surface area contributed by atoms with Crippen molar-refractivity contribution < 1.29 is 14.7 Å². The lowest BCUT2D eigenvalue weighted by atomic mass is 9.95. The molecule has 1 fully saturated rings. The number of aliphatic carboxylic acids is 1. The maximum absolute atomic E-state index is 12.3. The van der Waals surface area contributed by atoms with E-state index in [4.69, 9.17) is 0 Å². The lowest BCUT2D eigenvalue weighted by molar-refractivity contribution is -0.146. The molecular formula is C15H21NO3S. The molecule has 1 heterocycles. The van der Waals surface area contributed by atoms with Crippen molar-refractivity contribution in [3.63, 3.8) is 0 Å². The summed E-state index contributed by atoms with van der Waals surface area (Å²) in [6.45, 7) is 3.98. The first-order valence-electron chi connectivity index (χ1n) is 7.03. The summed E-state index contributed by atoms with van der Waals surface area (Å²) < 4.78 is 0. The van der Waals surface area contributed by atoms with E-state index in [0.29, 0.717) is 18.8 Å².